The monoisotopic (exact) mass is 394 g/mol. The van der Waals surface area contributed by atoms with Crippen molar-refractivity contribution < 1.29 is 14.4 Å². The van der Waals surface area contributed by atoms with Crippen LogP contribution in [0.2, 0.25) is 0 Å². The van der Waals surface area contributed by atoms with Gasteiger partial charge in [-0.1, -0.05) is 30.0 Å². The fourth-order valence-electron chi connectivity index (χ4n) is 2.91. The highest BCUT2D eigenvalue weighted by Gasteiger charge is 2.36. The third-order valence-corrected chi connectivity index (χ3v) is 4.80. The summed E-state index contributed by atoms with van der Waals surface area (Å²) in [5, 5.41) is 14.8. The molecule has 1 aliphatic rings. The molecule has 2 heterocycles. The standard InChI is InChI=1S/C18H14N6O3S/c1-28-18-20-21-22-24(18)12-6-4-5-11(9-12)19-15(25)10-23-16(26)13-7-2-3-8-14(13)17(23)27/h2-9H,10H2,1H3,(H,19,25). The average Bonchev–Trinajstić information content (AvgIpc) is 3.28. The molecular weight excluding hydrogens is 380 g/mol. The van der Waals surface area contributed by atoms with Gasteiger partial charge in [-0.05, 0) is 47.0 Å². The molecule has 0 atom stereocenters. The number of aromatic nitrogens is 4. The lowest BCUT2D eigenvalue weighted by molar-refractivity contribution is -0.116. The number of nitrogens with one attached hydrogen (secondary N) is 1. The van der Waals surface area contributed by atoms with Crippen molar-refractivity contribution in [1.82, 2.24) is 25.1 Å². The van der Waals surface area contributed by atoms with Gasteiger partial charge in [-0.2, -0.15) is 4.68 Å². The van der Waals surface area contributed by atoms with E-state index in [1.54, 1.807) is 53.2 Å². The van der Waals surface area contributed by atoms with Gasteiger partial charge < -0.3 is 5.32 Å². The molecule has 28 heavy (non-hydrogen) atoms. The van der Waals surface area contributed by atoms with Crippen molar-refractivity contribution in [3.05, 3.63) is 59.7 Å². The second-order valence-electron chi connectivity index (χ2n) is 5.92. The van der Waals surface area contributed by atoms with Crippen LogP contribution in [0.3, 0.4) is 0 Å². The van der Waals surface area contributed by atoms with Gasteiger partial charge in [-0.3, -0.25) is 19.3 Å². The molecule has 3 aromatic rings. The maximum atomic E-state index is 12.4. The van der Waals surface area contributed by atoms with Crippen LogP contribution >= 0.6 is 11.8 Å². The Labute approximate surface area is 163 Å². The number of anilines is 1. The van der Waals surface area contributed by atoms with Gasteiger partial charge in [0.25, 0.3) is 11.8 Å². The minimum absolute atomic E-state index is 0.311. The summed E-state index contributed by atoms with van der Waals surface area (Å²) < 4.78 is 1.55. The van der Waals surface area contributed by atoms with Gasteiger partial charge in [0.05, 0.1) is 16.8 Å². The van der Waals surface area contributed by atoms with Gasteiger partial charge in [0.15, 0.2) is 0 Å². The van der Waals surface area contributed by atoms with E-state index < -0.39 is 17.7 Å². The Bertz CT molecular complexity index is 1060. The Morgan fingerprint density at radius 2 is 1.79 bits per heavy atom. The molecule has 0 saturated carbocycles. The number of carbonyl (C=O) groups excluding carboxylic acids is 3. The molecule has 1 aliphatic heterocycles. The van der Waals surface area contributed by atoms with E-state index in [1.807, 2.05) is 6.26 Å². The number of fused-ring (bicyclic) bond motifs is 1. The Hall–Kier alpha value is -3.53. The van der Waals surface area contributed by atoms with Crippen LogP contribution in [0, 0.1) is 0 Å². The molecule has 4 rings (SSSR count). The van der Waals surface area contributed by atoms with Crippen LogP contribution < -0.4 is 5.32 Å². The van der Waals surface area contributed by atoms with Crippen LogP contribution in [0.4, 0.5) is 5.69 Å². The predicted octanol–water partition coefficient (Wildman–Crippen LogP) is 1.62. The van der Waals surface area contributed by atoms with Crippen molar-refractivity contribution >= 4 is 35.2 Å². The smallest absolute Gasteiger partial charge is 0.262 e. The molecule has 2 aromatic carbocycles. The zero-order valence-electron chi connectivity index (χ0n) is 14.7. The van der Waals surface area contributed by atoms with E-state index in [1.165, 1.54) is 11.8 Å². The van der Waals surface area contributed by atoms with Crippen LogP contribution in [0.1, 0.15) is 20.7 Å². The third-order valence-electron chi connectivity index (χ3n) is 4.18. The lowest BCUT2D eigenvalue weighted by Gasteiger charge is -2.14. The SMILES string of the molecule is CSc1nnnn1-c1cccc(NC(=O)CN2C(=O)c3ccccc3C2=O)c1. The lowest BCUT2D eigenvalue weighted by atomic mass is 10.1. The molecule has 140 valence electrons. The molecule has 3 amide bonds. The molecule has 0 fully saturated rings. The lowest BCUT2D eigenvalue weighted by Crippen LogP contribution is -2.37. The highest BCUT2D eigenvalue weighted by Crippen LogP contribution is 2.23. The summed E-state index contributed by atoms with van der Waals surface area (Å²) in [5.41, 5.74) is 1.80. The second-order valence-corrected chi connectivity index (χ2v) is 6.69. The summed E-state index contributed by atoms with van der Waals surface area (Å²) >= 11 is 1.39. The van der Waals surface area contributed by atoms with E-state index in [2.05, 4.69) is 20.8 Å². The summed E-state index contributed by atoms with van der Waals surface area (Å²) in [6.45, 7) is -0.364. The van der Waals surface area contributed by atoms with E-state index in [-0.39, 0.29) is 6.54 Å². The molecular formula is C18H14N6O3S. The van der Waals surface area contributed by atoms with Crippen molar-refractivity contribution in [2.75, 3.05) is 18.1 Å². The van der Waals surface area contributed by atoms with Gasteiger partial charge >= 0.3 is 0 Å². The molecule has 0 bridgehead atoms. The van der Waals surface area contributed by atoms with Crippen LogP contribution in [-0.2, 0) is 4.79 Å². The van der Waals surface area contributed by atoms with E-state index in [0.717, 1.165) is 4.90 Å². The van der Waals surface area contributed by atoms with Crippen molar-refractivity contribution in [2.24, 2.45) is 0 Å². The van der Waals surface area contributed by atoms with Gasteiger partial charge in [0, 0.05) is 5.69 Å². The predicted molar refractivity (Wildman–Crippen MR) is 101 cm³/mol. The third kappa shape index (κ3) is 3.14. The first-order valence-corrected chi connectivity index (χ1v) is 9.49. The highest BCUT2D eigenvalue weighted by atomic mass is 32.2. The Kier molecular flexibility index (Phi) is 4.62. The van der Waals surface area contributed by atoms with Crippen molar-refractivity contribution in [3.63, 3.8) is 0 Å². The van der Waals surface area contributed by atoms with Crippen LogP contribution in [-0.4, -0.2) is 55.6 Å². The molecule has 9 nitrogen and oxygen atoms in total. The maximum absolute atomic E-state index is 12.4. The van der Waals surface area contributed by atoms with E-state index in [4.69, 9.17) is 0 Å². The molecule has 10 heteroatoms. The number of tetrazole rings is 1. The Morgan fingerprint density at radius 1 is 1.07 bits per heavy atom. The van der Waals surface area contributed by atoms with E-state index in [9.17, 15) is 14.4 Å². The molecule has 0 saturated heterocycles. The number of carbonyl (C=O) groups is 3. The number of amides is 3. The van der Waals surface area contributed by atoms with Crippen LogP contribution in [0.5, 0.6) is 0 Å². The number of rotatable bonds is 5. The Balaban J connectivity index is 1.49. The summed E-state index contributed by atoms with van der Waals surface area (Å²) in [6, 6.07) is 13.5. The molecule has 0 radical (unpaired) electrons. The molecule has 0 spiro atoms. The fraction of sp³-hybridized carbons (Fsp3) is 0.111. The van der Waals surface area contributed by atoms with Crippen molar-refractivity contribution in [1.29, 1.82) is 0 Å². The average molecular weight is 394 g/mol. The molecule has 0 unspecified atom stereocenters. The first-order valence-electron chi connectivity index (χ1n) is 8.26. The molecule has 1 aromatic heterocycles. The summed E-state index contributed by atoms with van der Waals surface area (Å²) in [5.74, 6) is -1.42. The minimum Gasteiger partial charge on any atom is -0.324 e. The van der Waals surface area contributed by atoms with E-state index in [0.29, 0.717) is 27.7 Å². The first-order chi connectivity index (χ1) is 13.6. The van der Waals surface area contributed by atoms with Crippen molar-refractivity contribution in [3.8, 4) is 5.69 Å². The quantitative estimate of drug-likeness (QED) is 0.517. The number of hydrogen-bond donors (Lipinski definition) is 1. The van der Waals surface area contributed by atoms with Crippen LogP contribution in [0.25, 0.3) is 5.69 Å². The van der Waals surface area contributed by atoms with Crippen LogP contribution in [0.15, 0.2) is 53.7 Å². The normalized spacial score (nSPS) is 13.0. The summed E-state index contributed by atoms with van der Waals surface area (Å²) in [4.78, 5) is 38.1. The zero-order chi connectivity index (χ0) is 19.7. The number of nitrogens with zero attached hydrogens (tertiary/aromatic N) is 5. The molecule has 0 aliphatic carbocycles. The largest absolute Gasteiger partial charge is 0.324 e. The molecule has 1 N–H and O–H groups in total. The number of thioether (sulfide) groups is 1. The van der Waals surface area contributed by atoms with Gasteiger partial charge in [0.2, 0.25) is 11.1 Å². The van der Waals surface area contributed by atoms with Gasteiger partial charge in [0.1, 0.15) is 6.54 Å². The van der Waals surface area contributed by atoms with Gasteiger partial charge in [-0.15, -0.1) is 5.10 Å². The number of imide groups is 1. The van der Waals surface area contributed by atoms with E-state index >= 15 is 0 Å². The highest BCUT2D eigenvalue weighted by molar-refractivity contribution is 7.98. The maximum Gasteiger partial charge on any atom is 0.262 e. The topological polar surface area (TPSA) is 110 Å². The summed E-state index contributed by atoms with van der Waals surface area (Å²) in [6.07, 6.45) is 1.86. The summed E-state index contributed by atoms with van der Waals surface area (Å²) in [7, 11) is 0. The van der Waals surface area contributed by atoms with Crippen molar-refractivity contribution in [2.45, 2.75) is 5.16 Å². The second kappa shape index (κ2) is 7.24. The Morgan fingerprint density at radius 3 is 2.46 bits per heavy atom. The first kappa shape index (κ1) is 17.9. The van der Waals surface area contributed by atoms with Gasteiger partial charge in [-0.25, -0.2) is 0 Å². The minimum atomic E-state index is -0.478. The zero-order valence-corrected chi connectivity index (χ0v) is 15.5. The fourth-order valence-corrected chi connectivity index (χ4v) is 3.34. The number of hydrogen-bond acceptors (Lipinski definition) is 7. The number of benzene rings is 2.